The molecule has 0 saturated heterocycles. The zero-order valence-corrected chi connectivity index (χ0v) is 44.9. The summed E-state index contributed by atoms with van der Waals surface area (Å²) in [6.07, 6.45) is 34.8. The Bertz CT molecular complexity index is 739. The molecule has 59 heavy (non-hydrogen) atoms. The molecule has 0 aliphatic rings. The van der Waals surface area contributed by atoms with Crippen LogP contribution in [0.4, 0.5) is 0 Å². The average Bonchev–Trinajstić information content (AvgIpc) is 3.23. The molecule has 0 amide bonds. The van der Waals surface area contributed by atoms with Crippen molar-refractivity contribution >= 4 is 26.4 Å². The molecule has 0 aromatic carbocycles. The first-order chi connectivity index (χ1) is 28.7. The monoisotopic (exact) mass is 899 g/mol. The van der Waals surface area contributed by atoms with Crippen LogP contribution in [-0.4, -0.2) is 87.4 Å². The highest BCUT2D eigenvalue weighted by Gasteiger charge is 2.40. The summed E-state index contributed by atoms with van der Waals surface area (Å²) in [5, 5.41) is 0. The number of rotatable bonds is 44. The molecule has 0 fully saturated rings. The Kier molecular flexibility index (Phi) is 53.1. The molecule has 0 radical (unpaired) electrons. The van der Waals surface area contributed by atoms with Gasteiger partial charge in [0.1, 0.15) is 0 Å². The number of hydrogen-bond acceptors (Lipinski definition) is 9. The van der Waals surface area contributed by atoms with E-state index in [1.54, 1.807) is 21.3 Å². The normalized spacial score (nSPS) is 12.0. The van der Waals surface area contributed by atoms with Gasteiger partial charge in [0, 0.05) is 79.1 Å². The van der Waals surface area contributed by atoms with Crippen molar-refractivity contribution in [2.45, 2.75) is 247 Å². The van der Waals surface area contributed by atoms with Gasteiger partial charge in [-0.1, -0.05) is 168 Å². The fourth-order valence-corrected chi connectivity index (χ4v) is 14.5. The zero-order valence-electron chi connectivity index (χ0n) is 41.9. The van der Waals surface area contributed by atoms with E-state index < -0.39 is 26.4 Å². The summed E-state index contributed by atoms with van der Waals surface area (Å²) in [6.45, 7) is 23.0. The van der Waals surface area contributed by atoms with Gasteiger partial charge in [0.2, 0.25) is 0 Å². The molecular weight excluding hydrogens is 793 g/mol. The summed E-state index contributed by atoms with van der Waals surface area (Å²) in [7, 11) is -1.99. The van der Waals surface area contributed by atoms with Crippen LogP contribution in [0.5, 0.6) is 0 Å². The quantitative estimate of drug-likeness (QED) is 0.0438. The first-order valence-corrected chi connectivity index (χ1v) is 31.0. The lowest BCUT2D eigenvalue weighted by atomic mass is 10.1. The summed E-state index contributed by atoms with van der Waals surface area (Å²) in [5.41, 5.74) is 0. The molecule has 12 heteroatoms. The van der Waals surface area contributed by atoms with Crippen molar-refractivity contribution in [3.8, 4) is 0 Å². The van der Waals surface area contributed by atoms with E-state index in [1.165, 1.54) is 154 Å². The smallest absolute Gasteiger partial charge is 0.377 e. The van der Waals surface area contributed by atoms with Gasteiger partial charge in [0.05, 0.1) is 0 Å². The largest absolute Gasteiger partial charge is 0.500 e. The summed E-state index contributed by atoms with van der Waals surface area (Å²) in [6, 6.07) is 2.88. The minimum Gasteiger partial charge on any atom is -0.377 e. The fraction of sp³-hybridized carbons (Fsp3) is 1.00. The molecule has 0 aliphatic carbocycles. The van der Waals surface area contributed by atoms with Crippen LogP contribution >= 0.6 is 0 Å². The summed E-state index contributed by atoms with van der Waals surface area (Å²) in [5.74, 6) is 0. The Morgan fingerprint density at radius 2 is 0.390 bits per heavy atom. The van der Waals surface area contributed by atoms with Gasteiger partial charge >= 0.3 is 26.4 Å². The van der Waals surface area contributed by atoms with Crippen molar-refractivity contribution < 1.29 is 39.8 Å². The second-order valence-electron chi connectivity index (χ2n) is 15.6. The molecule has 0 aliphatic heterocycles. The van der Waals surface area contributed by atoms with Gasteiger partial charge in [-0.3, -0.25) is 0 Å². The lowest BCUT2D eigenvalue weighted by molar-refractivity contribution is 0.0698. The molecule has 0 atom stereocenters. The highest BCUT2D eigenvalue weighted by atomic mass is 28.4. The van der Waals surface area contributed by atoms with Crippen LogP contribution in [0.15, 0.2) is 0 Å². The predicted molar refractivity (Wildman–Crippen MR) is 260 cm³/mol. The maximum Gasteiger partial charge on any atom is 0.500 e. The van der Waals surface area contributed by atoms with Gasteiger partial charge in [-0.15, -0.1) is 0 Å². The van der Waals surface area contributed by atoms with E-state index in [9.17, 15) is 0 Å². The van der Waals surface area contributed by atoms with E-state index in [1.807, 2.05) is 41.5 Å². The number of hydrogen-bond donors (Lipinski definition) is 0. The molecule has 0 aromatic rings. The van der Waals surface area contributed by atoms with Gasteiger partial charge in [-0.2, -0.15) is 0 Å². The van der Waals surface area contributed by atoms with Gasteiger partial charge in [-0.05, 0) is 60.8 Å². The Hall–Kier alpha value is 0.291. The zero-order chi connectivity index (χ0) is 44.6. The van der Waals surface area contributed by atoms with Crippen molar-refractivity contribution in [3.05, 3.63) is 0 Å². The molecule has 9 nitrogen and oxygen atoms in total. The molecule has 0 N–H and O–H groups in total. The van der Waals surface area contributed by atoms with Crippen LogP contribution in [0.3, 0.4) is 0 Å². The fourth-order valence-electron chi connectivity index (χ4n) is 7.34. The Morgan fingerprint density at radius 3 is 0.559 bits per heavy atom. The van der Waals surface area contributed by atoms with E-state index in [0.717, 1.165) is 31.0 Å². The Balaban J connectivity index is -0.000000802. The topological polar surface area (TPSA) is 83.1 Å². The van der Waals surface area contributed by atoms with E-state index in [2.05, 4.69) is 20.8 Å². The highest BCUT2D eigenvalue weighted by Crippen LogP contribution is 2.23. The van der Waals surface area contributed by atoms with Gasteiger partial charge in [-0.25, -0.2) is 0 Å². The van der Waals surface area contributed by atoms with E-state index in [0.29, 0.717) is 39.6 Å². The SMILES string of the molecule is CCCCCCCCCCCC[Si](OC)(OC)OC.CCCCCCCCCCCC[Si](OCC)(OCC)OCC.CCCCCCCC[Si](OCC)(OCC)OCC. The minimum absolute atomic E-state index is 0.683. The van der Waals surface area contributed by atoms with Gasteiger partial charge in [0.15, 0.2) is 0 Å². The minimum atomic E-state index is -2.39. The summed E-state index contributed by atoms with van der Waals surface area (Å²) < 4.78 is 51.4. The highest BCUT2D eigenvalue weighted by molar-refractivity contribution is 6.61. The molecule has 0 rings (SSSR count). The average molecular weight is 900 g/mol. The standard InChI is InChI=1S/C18H40O3Si.C15H34O3Si.C14H32O3Si/c1-5-9-10-11-12-13-14-15-16-17-18-22(19-6-2,20-7-3)21-8-4;1-5-6-7-8-9-10-11-12-13-14-15-19(16-2,17-3)18-4;1-5-9-10-11-12-13-14-18(15-6-2,16-7-3)17-8-4/h5-18H2,1-4H3;5-15H2,1-4H3;5-14H2,1-4H3. The molecule has 0 saturated carbocycles. The van der Waals surface area contributed by atoms with Crippen LogP contribution in [0.25, 0.3) is 0 Å². The lowest BCUT2D eigenvalue weighted by Gasteiger charge is -2.28. The molecule has 360 valence electrons. The van der Waals surface area contributed by atoms with E-state index in [-0.39, 0.29) is 0 Å². The van der Waals surface area contributed by atoms with Crippen LogP contribution in [0.2, 0.25) is 18.1 Å². The third kappa shape index (κ3) is 39.6. The molecule has 0 spiro atoms. The van der Waals surface area contributed by atoms with Crippen molar-refractivity contribution in [2.75, 3.05) is 61.0 Å². The number of unbranched alkanes of at least 4 members (excludes halogenated alkanes) is 23. The Labute approximate surface area is 373 Å². The van der Waals surface area contributed by atoms with Crippen LogP contribution in [0, 0.1) is 0 Å². The maximum atomic E-state index is 5.89. The van der Waals surface area contributed by atoms with Gasteiger partial charge < -0.3 is 39.8 Å². The second kappa shape index (κ2) is 49.3. The molecular formula is C47H106O9Si3. The molecule has 0 aromatic heterocycles. The first kappa shape index (κ1) is 63.6. The van der Waals surface area contributed by atoms with Crippen LogP contribution in [0.1, 0.15) is 229 Å². The van der Waals surface area contributed by atoms with Crippen molar-refractivity contribution in [1.82, 2.24) is 0 Å². The third-order valence-corrected chi connectivity index (χ3v) is 19.8. The van der Waals surface area contributed by atoms with Crippen molar-refractivity contribution in [2.24, 2.45) is 0 Å². The molecule has 0 bridgehead atoms. The second-order valence-corrected chi connectivity index (χ2v) is 24.2. The van der Waals surface area contributed by atoms with Crippen molar-refractivity contribution in [1.29, 1.82) is 0 Å². The van der Waals surface area contributed by atoms with E-state index in [4.69, 9.17) is 39.8 Å². The molecule has 0 unspecified atom stereocenters. The third-order valence-electron chi connectivity index (χ3n) is 10.6. The first-order valence-electron chi connectivity index (χ1n) is 25.2. The van der Waals surface area contributed by atoms with E-state index >= 15 is 0 Å². The summed E-state index contributed by atoms with van der Waals surface area (Å²) in [4.78, 5) is 0. The van der Waals surface area contributed by atoms with Crippen LogP contribution < -0.4 is 0 Å². The van der Waals surface area contributed by atoms with Gasteiger partial charge in [0.25, 0.3) is 0 Å². The Morgan fingerprint density at radius 1 is 0.220 bits per heavy atom. The van der Waals surface area contributed by atoms with Crippen molar-refractivity contribution in [3.63, 3.8) is 0 Å². The lowest BCUT2D eigenvalue weighted by Crippen LogP contribution is -2.45. The molecule has 0 heterocycles. The maximum absolute atomic E-state index is 5.89. The summed E-state index contributed by atoms with van der Waals surface area (Å²) >= 11 is 0. The predicted octanol–water partition coefficient (Wildman–Crippen LogP) is 15.1. The van der Waals surface area contributed by atoms with Crippen LogP contribution in [-0.2, 0) is 39.8 Å².